The fourth-order valence-corrected chi connectivity index (χ4v) is 2.45. The molecule has 0 unspecified atom stereocenters. The highest BCUT2D eigenvalue weighted by Gasteiger charge is 2.28. The highest BCUT2D eigenvalue weighted by atomic mass is 16.5. The Kier molecular flexibility index (Phi) is 2.87. The normalized spacial score (nSPS) is 18.9. The monoisotopic (exact) mass is 247 g/mol. The van der Waals surface area contributed by atoms with E-state index in [9.17, 15) is 0 Å². The van der Waals surface area contributed by atoms with Crippen molar-refractivity contribution in [3.63, 3.8) is 0 Å². The fourth-order valence-electron chi connectivity index (χ4n) is 2.45. The topological polar surface area (TPSA) is 78.3 Å². The first kappa shape index (κ1) is 11.4. The summed E-state index contributed by atoms with van der Waals surface area (Å²) in [7, 11) is 0. The van der Waals surface area contributed by atoms with Crippen LogP contribution < -0.4 is 10.5 Å². The van der Waals surface area contributed by atoms with E-state index in [0.29, 0.717) is 18.1 Å². The minimum atomic E-state index is -0.215. The first-order valence-corrected chi connectivity index (χ1v) is 6.33. The van der Waals surface area contributed by atoms with Crippen LogP contribution in [0, 0.1) is 0 Å². The summed E-state index contributed by atoms with van der Waals surface area (Å²) in [5.74, 6) is 0.505. The maximum atomic E-state index is 6.33. The molecule has 0 bridgehead atoms. The van der Waals surface area contributed by atoms with Crippen molar-refractivity contribution < 1.29 is 4.74 Å². The van der Waals surface area contributed by atoms with Gasteiger partial charge >= 0.3 is 0 Å². The second-order valence-electron chi connectivity index (χ2n) is 5.01. The van der Waals surface area contributed by atoms with Gasteiger partial charge in [-0.05, 0) is 12.8 Å². The Balaban J connectivity index is 1.74. The minimum absolute atomic E-state index is 0.215. The molecular weight excluding hydrogens is 230 g/mol. The van der Waals surface area contributed by atoms with Crippen LogP contribution in [-0.4, -0.2) is 31.7 Å². The zero-order valence-electron chi connectivity index (χ0n) is 10.2. The summed E-state index contributed by atoms with van der Waals surface area (Å²) in [6, 6.07) is 0. The average molecular weight is 247 g/mol. The van der Waals surface area contributed by atoms with E-state index in [0.717, 1.165) is 12.8 Å². The number of fused-ring (bicyclic) bond motifs is 1. The Morgan fingerprint density at radius 2 is 2.17 bits per heavy atom. The van der Waals surface area contributed by atoms with Crippen molar-refractivity contribution in [1.82, 2.24) is 19.6 Å². The second kappa shape index (κ2) is 4.53. The number of nitrogens with two attached hydrogens (primary N) is 1. The van der Waals surface area contributed by atoms with E-state index in [1.54, 1.807) is 23.1 Å². The fraction of sp³-hybridized carbons (Fsp3) is 0.583. The predicted octanol–water partition coefficient (Wildman–Crippen LogP) is 1.16. The standard InChI is InChI=1S/C12H17N5O/c13-12(4-2-1-3-5-12)8-18-11-10-16-15-9-17(10)7-6-14-11/h6-7,9H,1-5,8,13H2. The van der Waals surface area contributed by atoms with Crippen molar-refractivity contribution in [2.45, 2.75) is 37.6 Å². The van der Waals surface area contributed by atoms with E-state index in [2.05, 4.69) is 15.2 Å². The Labute approximate surface area is 105 Å². The molecule has 96 valence electrons. The van der Waals surface area contributed by atoms with E-state index < -0.39 is 0 Å². The summed E-state index contributed by atoms with van der Waals surface area (Å²) in [5, 5.41) is 7.83. The van der Waals surface area contributed by atoms with Gasteiger partial charge in [0.05, 0.1) is 5.54 Å². The van der Waals surface area contributed by atoms with Gasteiger partial charge in [-0.25, -0.2) is 4.98 Å². The average Bonchev–Trinajstić information content (AvgIpc) is 2.86. The van der Waals surface area contributed by atoms with Crippen molar-refractivity contribution >= 4 is 5.65 Å². The summed E-state index contributed by atoms with van der Waals surface area (Å²) in [6.45, 7) is 0.493. The van der Waals surface area contributed by atoms with Crippen LogP contribution in [0.5, 0.6) is 5.88 Å². The summed E-state index contributed by atoms with van der Waals surface area (Å²) in [5.41, 5.74) is 6.75. The summed E-state index contributed by atoms with van der Waals surface area (Å²) in [4.78, 5) is 4.19. The predicted molar refractivity (Wildman–Crippen MR) is 66.3 cm³/mol. The zero-order valence-corrected chi connectivity index (χ0v) is 10.2. The van der Waals surface area contributed by atoms with Gasteiger partial charge < -0.3 is 10.5 Å². The number of hydrogen-bond acceptors (Lipinski definition) is 5. The quantitative estimate of drug-likeness (QED) is 0.880. The van der Waals surface area contributed by atoms with Crippen LogP contribution in [0.15, 0.2) is 18.7 Å². The Hall–Kier alpha value is -1.69. The number of nitrogens with zero attached hydrogens (tertiary/aromatic N) is 4. The van der Waals surface area contributed by atoms with Gasteiger partial charge in [-0.2, -0.15) is 0 Å². The lowest BCUT2D eigenvalue weighted by Gasteiger charge is -2.32. The molecule has 0 aromatic carbocycles. The van der Waals surface area contributed by atoms with Crippen LogP contribution in [0.1, 0.15) is 32.1 Å². The summed E-state index contributed by atoms with van der Waals surface area (Å²) < 4.78 is 7.54. The van der Waals surface area contributed by atoms with E-state index in [1.165, 1.54) is 19.3 Å². The van der Waals surface area contributed by atoms with E-state index in [-0.39, 0.29) is 5.54 Å². The molecule has 1 fully saturated rings. The lowest BCUT2D eigenvalue weighted by molar-refractivity contribution is 0.170. The Morgan fingerprint density at radius 1 is 1.33 bits per heavy atom. The van der Waals surface area contributed by atoms with Crippen LogP contribution in [0.3, 0.4) is 0 Å². The van der Waals surface area contributed by atoms with E-state index in [1.807, 2.05) is 0 Å². The smallest absolute Gasteiger partial charge is 0.260 e. The molecule has 2 heterocycles. The van der Waals surface area contributed by atoms with E-state index >= 15 is 0 Å². The molecule has 0 spiro atoms. The molecule has 2 N–H and O–H groups in total. The lowest BCUT2D eigenvalue weighted by Crippen LogP contribution is -2.47. The first-order chi connectivity index (χ1) is 8.77. The molecule has 0 saturated heterocycles. The maximum Gasteiger partial charge on any atom is 0.260 e. The third-order valence-corrected chi connectivity index (χ3v) is 3.53. The molecule has 6 heteroatoms. The zero-order chi connectivity index (χ0) is 12.4. The molecule has 0 radical (unpaired) electrons. The minimum Gasteiger partial charge on any atom is -0.473 e. The van der Waals surface area contributed by atoms with Crippen LogP contribution >= 0.6 is 0 Å². The van der Waals surface area contributed by atoms with Gasteiger partial charge in [0.1, 0.15) is 12.9 Å². The molecule has 2 aromatic heterocycles. The second-order valence-corrected chi connectivity index (χ2v) is 5.01. The molecule has 3 rings (SSSR count). The van der Waals surface area contributed by atoms with Gasteiger partial charge in [0.2, 0.25) is 5.65 Å². The van der Waals surface area contributed by atoms with Crippen LogP contribution in [0.2, 0.25) is 0 Å². The number of aromatic nitrogens is 4. The third kappa shape index (κ3) is 2.15. The summed E-state index contributed by atoms with van der Waals surface area (Å²) >= 11 is 0. The molecular formula is C12H17N5O. The molecule has 18 heavy (non-hydrogen) atoms. The van der Waals surface area contributed by atoms with Crippen molar-refractivity contribution in [3.8, 4) is 5.88 Å². The molecule has 2 aromatic rings. The summed E-state index contributed by atoms with van der Waals surface area (Å²) in [6.07, 6.45) is 10.8. The molecule has 0 amide bonds. The largest absolute Gasteiger partial charge is 0.473 e. The maximum absolute atomic E-state index is 6.33. The van der Waals surface area contributed by atoms with Gasteiger partial charge in [-0.3, -0.25) is 4.40 Å². The highest BCUT2D eigenvalue weighted by Crippen LogP contribution is 2.26. The van der Waals surface area contributed by atoms with Crippen molar-refractivity contribution in [2.24, 2.45) is 5.73 Å². The Bertz CT molecular complexity index is 532. The molecule has 0 atom stereocenters. The first-order valence-electron chi connectivity index (χ1n) is 6.33. The van der Waals surface area contributed by atoms with Crippen molar-refractivity contribution in [2.75, 3.05) is 6.61 Å². The molecule has 0 aliphatic heterocycles. The van der Waals surface area contributed by atoms with Crippen molar-refractivity contribution in [1.29, 1.82) is 0 Å². The van der Waals surface area contributed by atoms with E-state index in [4.69, 9.17) is 10.5 Å². The van der Waals surface area contributed by atoms with Crippen LogP contribution in [0.4, 0.5) is 0 Å². The highest BCUT2D eigenvalue weighted by molar-refractivity contribution is 5.47. The molecule has 6 nitrogen and oxygen atoms in total. The van der Waals surface area contributed by atoms with Gasteiger partial charge in [0.15, 0.2) is 0 Å². The number of hydrogen-bond donors (Lipinski definition) is 1. The molecule has 1 aliphatic carbocycles. The molecule has 1 saturated carbocycles. The van der Waals surface area contributed by atoms with Crippen molar-refractivity contribution in [3.05, 3.63) is 18.7 Å². The number of ether oxygens (including phenoxy) is 1. The number of rotatable bonds is 3. The SMILES string of the molecule is NC1(COc2nccn3cnnc23)CCCCC1. The van der Waals surface area contributed by atoms with Gasteiger partial charge in [-0.15, -0.1) is 10.2 Å². The Morgan fingerprint density at radius 3 is 3.00 bits per heavy atom. The third-order valence-electron chi connectivity index (χ3n) is 3.53. The van der Waals surface area contributed by atoms with Crippen LogP contribution in [0.25, 0.3) is 5.65 Å². The van der Waals surface area contributed by atoms with Gasteiger partial charge in [-0.1, -0.05) is 19.3 Å². The molecule has 1 aliphatic rings. The lowest BCUT2D eigenvalue weighted by atomic mass is 9.83. The van der Waals surface area contributed by atoms with Crippen LogP contribution in [-0.2, 0) is 0 Å². The van der Waals surface area contributed by atoms with Gasteiger partial charge in [0.25, 0.3) is 5.88 Å². The van der Waals surface area contributed by atoms with Gasteiger partial charge in [0, 0.05) is 12.4 Å².